The van der Waals surface area contributed by atoms with Gasteiger partial charge in [0.1, 0.15) is 9.71 Å². The van der Waals surface area contributed by atoms with Crippen LogP contribution < -0.4 is 0 Å². The standard InChI is InChI=1S/C12H11NO2S/c14-12(15)10-5-9-8-4-2-1-3-7(8)6-13-11(9)16-10/h5-6H,1-4H2,(H,14,15). The summed E-state index contributed by atoms with van der Waals surface area (Å²) in [4.78, 5) is 16.5. The molecule has 0 atom stereocenters. The molecule has 2 heterocycles. The number of hydrogen-bond acceptors (Lipinski definition) is 3. The number of aryl methyl sites for hydroxylation is 2. The first kappa shape index (κ1) is 9.78. The van der Waals surface area contributed by atoms with Gasteiger partial charge in [0.15, 0.2) is 0 Å². The number of aromatic carboxylic acids is 1. The molecule has 0 amide bonds. The second kappa shape index (κ2) is 3.56. The minimum atomic E-state index is -0.854. The first-order chi connectivity index (χ1) is 7.75. The van der Waals surface area contributed by atoms with E-state index in [4.69, 9.17) is 5.11 Å². The van der Waals surface area contributed by atoms with Gasteiger partial charge in [0.05, 0.1) is 0 Å². The number of fused-ring (bicyclic) bond motifs is 3. The Hall–Kier alpha value is -1.42. The molecule has 3 rings (SSSR count). The van der Waals surface area contributed by atoms with E-state index in [2.05, 4.69) is 4.98 Å². The largest absolute Gasteiger partial charge is 0.477 e. The van der Waals surface area contributed by atoms with Crippen molar-refractivity contribution in [1.82, 2.24) is 4.98 Å². The Bertz CT molecular complexity index is 574. The molecular formula is C12H11NO2S. The molecule has 0 fully saturated rings. The van der Waals surface area contributed by atoms with Gasteiger partial charge in [0, 0.05) is 11.6 Å². The summed E-state index contributed by atoms with van der Waals surface area (Å²) in [6.45, 7) is 0. The molecule has 82 valence electrons. The fourth-order valence-corrected chi connectivity index (χ4v) is 3.18. The monoisotopic (exact) mass is 233 g/mol. The van der Waals surface area contributed by atoms with Crippen LogP contribution >= 0.6 is 11.3 Å². The van der Waals surface area contributed by atoms with E-state index in [-0.39, 0.29) is 0 Å². The number of hydrogen-bond donors (Lipinski definition) is 1. The fraction of sp³-hybridized carbons (Fsp3) is 0.333. The number of carboxylic acid groups (broad SMARTS) is 1. The molecule has 0 radical (unpaired) electrons. The summed E-state index contributed by atoms with van der Waals surface area (Å²) in [6, 6.07) is 1.78. The molecule has 2 aromatic heterocycles. The number of carbonyl (C=O) groups is 1. The quantitative estimate of drug-likeness (QED) is 0.824. The van der Waals surface area contributed by atoms with Gasteiger partial charge in [-0.2, -0.15) is 0 Å². The van der Waals surface area contributed by atoms with Crippen LogP contribution in [0.3, 0.4) is 0 Å². The summed E-state index contributed by atoms with van der Waals surface area (Å²) in [5.41, 5.74) is 2.62. The second-order valence-corrected chi connectivity index (χ2v) is 5.13. The second-order valence-electron chi connectivity index (χ2n) is 4.10. The summed E-state index contributed by atoms with van der Waals surface area (Å²) < 4.78 is 0. The van der Waals surface area contributed by atoms with Crippen LogP contribution in [0, 0.1) is 0 Å². The zero-order valence-electron chi connectivity index (χ0n) is 8.69. The predicted octanol–water partition coefficient (Wildman–Crippen LogP) is 2.87. The van der Waals surface area contributed by atoms with Gasteiger partial charge in [-0.25, -0.2) is 9.78 Å². The third-order valence-corrected chi connectivity index (χ3v) is 4.13. The third-order valence-electron chi connectivity index (χ3n) is 3.10. The average molecular weight is 233 g/mol. The summed E-state index contributed by atoms with van der Waals surface area (Å²) in [7, 11) is 0. The molecule has 0 spiro atoms. The topological polar surface area (TPSA) is 50.2 Å². The van der Waals surface area contributed by atoms with Crippen LogP contribution in [0.4, 0.5) is 0 Å². The molecule has 3 nitrogen and oxygen atoms in total. The first-order valence-corrected chi connectivity index (χ1v) is 6.21. The highest BCUT2D eigenvalue weighted by Crippen LogP contribution is 2.32. The molecule has 2 aromatic rings. The maximum absolute atomic E-state index is 10.9. The summed E-state index contributed by atoms with van der Waals surface area (Å²) in [5, 5.41) is 10.0. The minimum Gasteiger partial charge on any atom is -0.477 e. The van der Waals surface area contributed by atoms with Crippen molar-refractivity contribution < 1.29 is 9.90 Å². The van der Waals surface area contributed by atoms with Crippen LogP contribution in [0.5, 0.6) is 0 Å². The normalized spacial score (nSPS) is 15.0. The van der Waals surface area contributed by atoms with Gasteiger partial charge >= 0.3 is 5.97 Å². The SMILES string of the molecule is O=C(O)c1cc2c3c(cnc2s1)CCCC3. The molecule has 4 heteroatoms. The fourth-order valence-electron chi connectivity index (χ4n) is 2.31. The Balaban J connectivity index is 2.26. The Morgan fingerprint density at radius 1 is 1.38 bits per heavy atom. The van der Waals surface area contributed by atoms with Crippen molar-refractivity contribution in [3.8, 4) is 0 Å². The van der Waals surface area contributed by atoms with Crippen LogP contribution in [-0.2, 0) is 12.8 Å². The maximum Gasteiger partial charge on any atom is 0.345 e. The molecule has 0 saturated carbocycles. The Morgan fingerprint density at radius 2 is 2.19 bits per heavy atom. The van der Waals surface area contributed by atoms with Crippen LogP contribution in [0.15, 0.2) is 12.3 Å². The molecule has 0 aliphatic heterocycles. The Labute approximate surface area is 96.7 Å². The van der Waals surface area contributed by atoms with Gasteiger partial charge in [0.25, 0.3) is 0 Å². The van der Waals surface area contributed by atoms with Crippen molar-refractivity contribution in [3.05, 3.63) is 28.3 Å². The minimum absolute atomic E-state index is 0.390. The van der Waals surface area contributed by atoms with E-state index in [0.717, 1.165) is 23.1 Å². The molecule has 0 bridgehead atoms. The average Bonchev–Trinajstić information content (AvgIpc) is 2.73. The van der Waals surface area contributed by atoms with Crippen molar-refractivity contribution >= 4 is 27.5 Å². The molecule has 0 aromatic carbocycles. The first-order valence-electron chi connectivity index (χ1n) is 5.39. The van der Waals surface area contributed by atoms with E-state index < -0.39 is 5.97 Å². The molecule has 1 aliphatic rings. The lowest BCUT2D eigenvalue weighted by Crippen LogP contribution is -2.03. The van der Waals surface area contributed by atoms with E-state index >= 15 is 0 Å². The lowest BCUT2D eigenvalue weighted by atomic mass is 9.91. The summed E-state index contributed by atoms with van der Waals surface area (Å²) >= 11 is 1.27. The van der Waals surface area contributed by atoms with Crippen molar-refractivity contribution in [3.63, 3.8) is 0 Å². The van der Waals surface area contributed by atoms with Crippen LogP contribution in [0.25, 0.3) is 10.2 Å². The number of rotatable bonds is 1. The van der Waals surface area contributed by atoms with Crippen LogP contribution in [0.1, 0.15) is 33.6 Å². The number of thiophene rings is 1. The zero-order valence-corrected chi connectivity index (χ0v) is 9.51. The van der Waals surface area contributed by atoms with Crippen LogP contribution in [0.2, 0.25) is 0 Å². The Morgan fingerprint density at radius 3 is 3.00 bits per heavy atom. The van der Waals surface area contributed by atoms with Crippen LogP contribution in [-0.4, -0.2) is 16.1 Å². The van der Waals surface area contributed by atoms with Crippen molar-refractivity contribution in [2.24, 2.45) is 0 Å². The number of nitrogens with zero attached hydrogens (tertiary/aromatic N) is 1. The van der Waals surface area contributed by atoms with Crippen molar-refractivity contribution in [2.45, 2.75) is 25.7 Å². The number of carboxylic acids is 1. The van der Waals surface area contributed by atoms with E-state index in [0.29, 0.717) is 4.88 Å². The predicted molar refractivity (Wildman–Crippen MR) is 63.2 cm³/mol. The molecule has 0 unspecified atom stereocenters. The highest BCUT2D eigenvalue weighted by atomic mass is 32.1. The summed E-state index contributed by atoms with van der Waals surface area (Å²) in [5.74, 6) is -0.854. The molecule has 0 saturated heterocycles. The lowest BCUT2D eigenvalue weighted by molar-refractivity contribution is 0.0702. The lowest BCUT2D eigenvalue weighted by Gasteiger charge is -2.15. The molecular weight excluding hydrogens is 222 g/mol. The molecule has 1 aliphatic carbocycles. The van der Waals surface area contributed by atoms with E-state index in [1.165, 1.54) is 35.3 Å². The van der Waals surface area contributed by atoms with Gasteiger partial charge < -0.3 is 5.11 Å². The number of pyridine rings is 1. The zero-order chi connectivity index (χ0) is 11.1. The number of aromatic nitrogens is 1. The highest BCUT2D eigenvalue weighted by Gasteiger charge is 2.17. The molecule has 16 heavy (non-hydrogen) atoms. The smallest absolute Gasteiger partial charge is 0.345 e. The van der Waals surface area contributed by atoms with Gasteiger partial charge in [-0.1, -0.05) is 0 Å². The highest BCUT2D eigenvalue weighted by molar-refractivity contribution is 7.20. The van der Waals surface area contributed by atoms with E-state index in [1.54, 1.807) is 6.07 Å². The van der Waals surface area contributed by atoms with Gasteiger partial charge in [-0.3, -0.25) is 0 Å². The Kier molecular flexibility index (Phi) is 2.17. The van der Waals surface area contributed by atoms with Crippen molar-refractivity contribution in [2.75, 3.05) is 0 Å². The van der Waals surface area contributed by atoms with E-state index in [9.17, 15) is 4.79 Å². The maximum atomic E-state index is 10.9. The van der Waals surface area contributed by atoms with E-state index in [1.807, 2.05) is 6.20 Å². The van der Waals surface area contributed by atoms with Gasteiger partial charge in [-0.05, 0) is 42.9 Å². The van der Waals surface area contributed by atoms with Gasteiger partial charge in [-0.15, -0.1) is 11.3 Å². The van der Waals surface area contributed by atoms with Gasteiger partial charge in [0.2, 0.25) is 0 Å². The third kappa shape index (κ3) is 1.41. The molecule has 1 N–H and O–H groups in total. The summed E-state index contributed by atoms with van der Waals surface area (Å²) in [6.07, 6.45) is 6.47. The van der Waals surface area contributed by atoms with Crippen molar-refractivity contribution in [1.29, 1.82) is 0 Å².